The summed E-state index contributed by atoms with van der Waals surface area (Å²) in [6.45, 7) is 6.09. The molecule has 2 rings (SSSR count). The van der Waals surface area contributed by atoms with Crippen LogP contribution in [0.1, 0.15) is 44.9 Å². The largest absolute Gasteiger partial charge is 0.454 e. The average Bonchev–Trinajstić information content (AvgIpc) is 2.87. The highest BCUT2D eigenvalue weighted by Gasteiger charge is 2.06. The van der Waals surface area contributed by atoms with Crippen molar-refractivity contribution in [3.63, 3.8) is 0 Å². The fourth-order valence-electron chi connectivity index (χ4n) is 1.79. The molecule has 4 nitrogen and oxygen atoms in total. The van der Waals surface area contributed by atoms with Gasteiger partial charge in [0.2, 0.25) is 0 Å². The molecule has 1 atom stereocenters. The number of aromatic nitrogens is 2. The molecule has 0 spiro atoms. The van der Waals surface area contributed by atoms with Gasteiger partial charge in [0, 0.05) is 6.04 Å². The highest BCUT2D eigenvalue weighted by molar-refractivity contribution is 5.32. The van der Waals surface area contributed by atoms with E-state index in [4.69, 9.17) is 4.74 Å². The molecular formula is C15H20N2O2. The van der Waals surface area contributed by atoms with Crippen LogP contribution in [0.15, 0.2) is 36.7 Å². The van der Waals surface area contributed by atoms with Gasteiger partial charge in [0.15, 0.2) is 5.75 Å². The van der Waals surface area contributed by atoms with E-state index in [0.717, 1.165) is 17.1 Å². The number of benzene rings is 1. The molecule has 2 aromatic rings. The van der Waals surface area contributed by atoms with E-state index in [-0.39, 0.29) is 0 Å². The average molecular weight is 260 g/mol. The number of aliphatic hydroxyl groups is 1. The van der Waals surface area contributed by atoms with E-state index < -0.39 is 6.10 Å². The van der Waals surface area contributed by atoms with Crippen LogP contribution in [0.3, 0.4) is 0 Å². The Morgan fingerprint density at radius 3 is 2.42 bits per heavy atom. The summed E-state index contributed by atoms with van der Waals surface area (Å²) in [6.07, 6.45) is 3.88. The maximum atomic E-state index is 9.72. The highest BCUT2D eigenvalue weighted by Crippen LogP contribution is 2.24. The Hall–Kier alpha value is -1.81. The van der Waals surface area contributed by atoms with Gasteiger partial charge in [0.05, 0.1) is 18.5 Å². The summed E-state index contributed by atoms with van der Waals surface area (Å²) < 4.78 is 7.56. The molecule has 0 aliphatic heterocycles. The Bertz CT molecular complexity index is 517. The molecule has 0 radical (unpaired) electrons. The van der Waals surface area contributed by atoms with Crippen LogP contribution in [0.2, 0.25) is 0 Å². The molecule has 0 saturated heterocycles. The van der Waals surface area contributed by atoms with Gasteiger partial charge >= 0.3 is 0 Å². The lowest BCUT2D eigenvalue weighted by Crippen LogP contribution is -1.99. The van der Waals surface area contributed by atoms with Crippen molar-refractivity contribution in [1.29, 1.82) is 0 Å². The van der Waals surface area contributed by atoms with E-state index in [0.29, 0.717) is 12.5 Å². The van der Waals surface area contributed by atoms with Gasteiger partial charge in [0.25, 0.3) is 0 Å². The van der Waals surface area contributed by atoms with Crippen molar-refractivity contribution in [2.75, 3.05) is 0 Å². The molecule has 0 aliphatic rings. The number of aliphatic hydroxyl groups excluding tert-OH is 1. The molecule has 1 aromatic heterocycles. The van der Waals surface area contributed by atoms with Gasteiger partial charge in [0.1, 0.15) is 5.75 Å². The maximum absolute atomic E-state index is 9.72. The molecule has 0 fully saturated rings. The van der Waals surface area contributed by atoms with Crippen LogP contribution < -0.4 is 4.74 Å². The number of ether oxygens (including phenoxy) is 1. The van der Waals surface area contributed by atoms with Crippen molar-refractivity contribution in [3.8, 4) is 11.5 Å². The molecular weight excluding hydrogens is 240 g/mol. The predicted octanol–water partition coefficient (Wildman–Crippen LogP) is 3.70. The van der Waals surface area contributed by atoms with Crippen molar-refractivity contribution in [3.05, 3.63) is 42.2 Å². The van der Waals surface area contributed by atoms with E-state index >= 15 is 0 Å². The van der Waals surface area contributed by atoms with E-state index in [1.54, 1.807) is 6.20 Å². The van der Waals surface area contributed by atoms with Crippen LogP contribution in [0.25, 0.3) is 0 Å². The molecule has 0 unspecified atom stereocenters. The third kappa shape index (κ3) is 3.35. The minimum absolute atomic E-state index is 0.319. The summed E-state index contributed by atoms with van der Waals surface area (Å²) in [5.41, 5.74) is 0.910. The van der Waals surface area contributed by atoms with Crippen molar-refractivity contribution in [2.45, 2.75) is 39.3 Å². The molecule has 1 aromatic carbocycles. The van der Waals surface area contributed by atoms with E-state index in [1.807, 2.05) is 42.1 Å². The maximum Gasteiger partial charge on any atom is 0.165 e. The Morgan fingerprint density at radius 1 is 1.21 bits per heavy atom. The van der Waals surface area contributed by atoms with Gasteiger partial charge in [-0.3, -0.25) is 4.68 Å². The molecule has 102 valence electrons. The second-order valence-electron chi connectivity index (χ2n) is 4.84. The lowest BCUT2D eigenvalue weighted by Gasteiger charge is -2.09. The SMILES string of the molecule is CC[C@H](O)c1ccc(Oc2cnn(C(C)C)c2)cc1. The zero-order valence-corrected chi connectivity index (χ0v) is 11.6. The van der Waals surface area contributed by atoms with Crippen molar-refractivity contribution in [1.82, 2.24) is 9.78 Å². The van der Waals surface area contributed by atoms with Gasteiger partial charge in [-0.25, -0.2) is 0 Å². The Morgan fingerprint density at radius 2 is 1.89 bits per heavy atom. The molecule has 1 N–H and O–H groups in total. The van der Waals surface area contributed by atoms with Gasteiger partial charge < -0.3 is 9.84 Å². The summed E-state index contributed by atoms with van der Waals surface area (Å²) in [7, 11) is 0. The lowest BCUT2D eigenvalue weighted by molar-refractivity contribution is 0.173. The van der Waals surface area contributed by atoms with Crippen LogP contribution in [0, 0.1) is 0 Å². The van der Waals surface area contributed by atoms with Crippen molar-refractivity contribution in [2.24, 2.45) is 0 Å². The fourth-order valence-corrected chi connectivity index (χ4v) is 1.79. The summed E-state index contributed by atoms with van der Waals surface area (Å²) in [5, 5.41) is 13.9. The zero-order chi connectivity index (χ0) is 13.8. The standard InChI is InChI=1S/C15H20N2O2/c1-4-15(18)12-5-7-13(8-6-12)19-14-9-16-17(10-14)11(2)3/h5-11,15,18H,4H2,1-3H3/t15-/m0/s1. The highest BCUT2D eigenvalue weighted by atomic mass is 16.5. The summed E-state index contributed by atoms with van der Waals surface area (Å²) >= 11 is 0. The van der Waals surface area contributed by atoms with Gasteiger partial charge in [-0.2, -0.15) is 5.10 Å². The minimum Gasteiger partial charge on any atom is -0.454 e. The summed E-state index contributed by atoms with van der Waals surface area (Å²) in [4.78, 5) is 0. The smallest absolute Gasteiger partial charge is 0.165 e. The predicted molar refractivity (Wildman–Crippen MR) is 74.4 cm³/mol. The lowest BCUT2D eigenvalue weighted by atomic mass is 10.1. The first-order chi connectivity index (χ1) is 9.10. The zero-order valence-electron chi connectivity index (χ0n) is 11.6. The summed E-state index contributed by atoms with van der Waals surface area (Å²) in [6, 6.07) is 7.81. The normalized spacial score (nSPS) is 12.7. The van der Waals surface area contributed by atoms with E-state index in [1.165, 1.54) is 0 Å². The van der Waals surface area contributed by atoms with Gasteiger partial charge in [-0.1, -0.05) is 19.1 Å². The van der Waals surface area contributed by atoms with Crippen LogP contribution in [-0.2, 0) is 0 Å². The molecule has 0 saturated carbocycles. The minimum atomic E-state index is -0.405. The second kappa shape index (κ2) is 5.89. The summed E-state index contributed by atoms with van der Waals surface area (Å²) in [5.74, 6) is 1.47. The molecule has 19 heavy (non-hydrogen) atoms. The molecule has 0 amide bonds. The topological polar surface area (TPSA) is 47.3 Å². The molecule has 0 bridgehead atoms. The number of hydrogen-bond acceptors (Lipinski definition) is 3. The molecule has 1 heterocycles. The molecule has 4 heteroatoms. The second-order valence-corrected chi connectivity index (χ2v) is 4.84. The first-order valence-electron chi connectivity index (χ1n) is 6.60. The molecule has 0 aliphatic carbocycles. The first kappa shape index (κ1) is 13.6. The van der Waals surface area contributed by atoms with Gasteiger partial charge in [-0.15, -0.1) is 0 Å². The van der Waals surface area contributed by atoms with Gasteiger partial charge in [-0.05, 0) is 38.0 Å². The Kier molecular flexibility index (Phi) is 4.22. The van der Waals surface area contributed by atoms with Crippen LogP contribution in [0.4, 0.5) is 0 Å². The van der Waals surface area contributed by atoms with Crippen LogP contribution >= 0.6 is 0 Å². The van der Waals surface area contributed by atoms with Crippen molar-refractivity contribution < 1.29 is 9.84 Å². The quantitative estimate of drug-likeness (QED) is 0.891. The van der Waals surface area contributed by atoms with Crippen LogP contribution in [-0.4, -0.2) is 14.9 Å². The van der Waals surface area contributed by atoms with E-state index in [2.05, 4.69) is 18.9 Å². The fraction of sp³-hybridized carbons (Fsp3) is 0.400. The Balaban J connectivity index is 2.06. The third-order valence-corrected chi connectivity index (χ3v) is 2.99. The van der Waals surface area contributed by atoms with Crippen molar-refractivity contribution >= 4 is 0 Å². The number of nitrogens with zero attached hydrogens (tertiary/aromatic N) is 2. The monoisotopic (exact) mass is 260 g/mol. The number of hydrogen-bond donors (Lipinski definition) is 1. The Labute approximate surface area is 113 Å². The first-order valence-corrected chi connectivity index (χ1v) is 6.60. The van der Waals surface area contributed by atoms with Crippen LogP contribution in [0.5, 0.6) is 11.5 Å². The number of rotatable bonds is 5. The van der Waals surface area contributed by atoms with E-state index in [9.17, 15) is 5.11 Å². The third-order valence-electron chi connectivity index (χ3n) is 2.99.